The molecule has 0 saturated carbocycles. The third kappa shape index (κ3) is 4.40. The van der Waals surface area contributed by atoms with E-state index >= 15 is 0 Å². The van der Waals surface area contributed by atoms with Gasteiger partial charge in [-0.15, -0.1) is 0 Å². The van der Waals surface area contributed by atoms with Crippen LogP contribution in [0.3, 0.4) is 0 Å². The van der Waals surface area contributed by atoms with E-state index in [1.807, 2.05) is 0 Å². The molecule has 0 aromatic heterocycles. The van der Waals surface area contributed by atoms with Crippen molar-refractivity contribution < 1.29 is 39.8 Å². The Kier molecular flexibility index (Phi) is 5.91. The van der Waals surface area contributed by atoms with E-state index in [4.69, 9.17) is 19.7 Å². The highest BCUT2D eigenvalue weighted by atomic mass is 16.7. The van der Waals surface area contributed by atoms with Gasteiger partial charge in [-0.2, -0.15) is 0 Å². The number of ether oxygens (including phenoxy) is 2. The fourth-order valence-corrected chi connectivity index (χ4v) is 2.28. The van der Waals surface area contributed by atoms with E-state index in [0.29, 0.717) is 12.2 Å². The van der Waals surface area contributed by atoms with Gasteiger partial charge in [-0.25, -0.2) is 0 Å². The maximum atomic E-state index is 10.5. The molecule has 1 aromatic rings. The highest BCUT2D eigenvalue weighted by Crippen LogP contribution is 2.24. The van der Waals surface area contributed by atoms with Crippen molar-refractivity contribution in [1.29, 1.82) is 0 Å². The lowest BCUT2D eigenvalue weighted by Gasteiger charge is -2.39. The molecule has 0 unspecified atom stereocenters. The number of hydrogen-bond donors (Lipinski definition) is 5. The average Bonchev–Trinajstić information content (AvgIpc) is 2.54. The summed E-state index contributed by atoms with van der Waals surface area (Å²) in [5.41, 5.74) is 0.813. The van der Waals surface area contributed by atoms with Gasteiger partial charge in [-0.1, -0.05) is 12.1 Å². The molecule has 0 spiro atoms. The van der Waals surface area contributed by atoms with E-state index in [1.54, 1.807) is 24.3 Å². The summed E-state index contributed by atoms with van der Waals surface area (Å²) < 4.78 is 10.7. The van der Waals surface area contributed by atoms with E-state index in [2.05, 4.69) is 0 Å². The molecule has 0 radical (unpaired) electrons. The molecular weight excluding hydrogens is 308 g/mol. The van der Waals surface area contributed by atoms with E-state index < -0.39 is 43.3 Å². The molecule has 8 heteroatoms. The zero-order chi connectivity index (χ0) is 17.0. The van der Waals surface area contributed by atoms with Crippen molar-refractivity contribution >= 4 is 5.97 Å². The lowest BCUT2D eigenvalue weighted by atomic mass is 9.99. The molecule has 1 aromatic carbocycles. The minimum Gasteiger partial charge on any atom is -0.481 e. The van der Waals surface area contributed by atoms with Crippen LogP contribution < -0.4 is 4.74 Å². The van der Waals surface area contributed by atoms with Gasteiger partial charge in [0.25, 0.3) is 0 Å². The predicted octanol–water partition coefficient (Wildman–Crippen LogP) is -1.12. The second-order valence-corrected chi connectivity index (χ2v) is 5.35. The summed E-state index contributed by atoms with van der Waals surface area (Å²) in [5.74, 6) is -0.542. The zero-order valence-electron chi connectivity index (χ0n) is 12.3. The first-order chi connectivity index (χ1) is 10.9. The summed E-state index contributed by atoms with van der Waals surface area (Å²) in [6, 6.07) is 6.53. The molecule has 0 aliphatic carbocycles. The van der Waals surface area contributed by atoms with Crippen LogP contribution in [0.15, 0.2) is 24.3 Å². The summed E-state index contributed by atoms with van der Waals surface area (Å²) in [7, 11) is 0. The number of aliphatic hydroxyl groups is 4. The van der Waals surface area contributed by atoms with Crippen LogP contribution >= 0.6 is 0 Å². The first-order valence-corrected chi connectivity index (χ1v) is 7.20. The fraction of sp³-hybridized carbons (Fsp3) is 0.533. The van der Waals surface area contributed by atoms with E-state index in [0.717, 1.165) is 5.56 Å². The Morgan fingerprint density at radius 1 is 1.09 bits per heavy atom. The average molecular weight is 328 g/mol. The molecule has 0 bridgehead atoms. The van der Waals surface area contributed by atoms with Crippen LogP contribution in [0.2, 0.25) is 0 Å². The van der Waals surface area contributed by atoms with Crippen molar-refractivity contribution in [2.75, 3.05) is 6.61 Å². The lowest BCUT2D eigenvalue weighted by molar-refractivity contribution is -0.277. The van der Waals surface area contributed by atoms with Crippen molar-refractivity contribution in [1.82, 2.24) is 0 Å². The molecule has 1 aliphatic rings. The standard InChI is InChI=1S/C15H20O8/c16-7-10-12(19)13(20)14(21)15(23-10)22-9-4-1-8(2-5-9)3-6-11(17)18/h1-2,4-5,10,12-16,19-21H,3,6-7H2,(H,17,18)/t10-,12-,13+,14-,15-/m1/s1. The summed E-state index contributed by atoms with van der Waals surface area (Å²) >= 11 is 0. The summed E-state index contributed by atoms with van der Waals surface area (Å²) in [6.07, 6.45) is -6.28. The number of aliphatic carboxylic acids is 1. The molecule has 128 valence electrons. The minimum atomic E-state index is -1.50. The SMILES string of the molecule is O=C(O)CCc1ccc(O[C@@H]2O[C@H](CO)[C@@H](O)[C@H](O)[C@H]2O)cc1. The molecule has 2 rings (SSSR count). The van der Waals surface area contributed by atoms with Gasteiger partial charge in [0.05, 0.1) is 6.61 Å². The third-order valence-corrected chi connectivity index (χ3v) is 3.65. The van der Waals surface area contributed by atoms with Gasteiger partial charge in [0.1, 0.15) is 30.2 Å². The molecule has 1 fully saturated rings. The number of carbonyl (C=O) groups is 1. The Bertz CT molecular complexity index is 515. The van der Waals surface area contributed by atoms with Crippen LogP contribution in [0.25, 0.3) is 0 Å². The van der Waals surface area contributed by atoms with Crippen LogP contribution in [0.4, 0.5) is 0 Å². The Balaban J connectivity index is 1.99. The predicted molar refractivity (Wildman–Crippen MR) is 76.8 cm³/mol. The summed E-state index contributed by atoms with van der Waals surface area (Å²) in [6.45, 7) is -0.529. The number of benzene rings is 1. The van der Waals surface area contributed by atoms with Crippen LogP contribution in [0.1, 0.15) is 12.0 Å². The highest BCUT2D eigenvalue weighted by Gasteiger charge is 2.44. The van der Waals surface area contributed by atoms with E-state index in [9.17, 15) is 20.1 Å². The van der Waals surface area contributed by atoms with Gasteiger partial charge >= 0.3 is 5.97 Å². The molecule has 0 amide bonds. The minimum absolute atomic E-state index is 0.0207. The van der Waals surface area contributed by atoms with Crippen molar-refractivity contribution in [3.8, 4) is 5.75 Å². The lowest BCUT2D eigenvalue weighted by Crippen LogP contribution is -2.60. The van der Waals surface area contributed by atoms with Crippen LogP contribution in [-0.2, 0) is 16.0 Å². The maximum absolute atomic E-state index is 10.5. The van der Waals surface area contributed by atoms with Crippen molar-refractivity contribution in [3.05, 3.63) is 29.8 Å². The van der Waals surface area contributed by atoms with Crippen LogP contribution in [0.5, 0.6) is 5.75 Å². The van der Waals surface area contributed by atoms with Gasteiger partial charge in [0.15, 0.2) is 0 Å². The topological polar surface area (TPSA) is 137 Å². The Labute approximate surface area is 132 Å². The summed E-state index contributed by atoms with van der Waals surface area (Å²) in [4.78, 5) is 10.5. The molecule has 1 saturated heterocycles. The summed E-state index contributed by atoms with van der Waals surface area (Å²) in [5, 5.41) is 47.0. The largest absolute Gasteiger partial charge is 0.481 e. The van der Waals surface area contributed by atoms with Gasteiger partial charge in [0.2, 0.25) is 6.29 Å². The molecule has 8 nitrogen and oxygen atoms in total. The van der Waals surface area contributed by atoms with Crippen LogP contribution in [-0.4, -0.2) is 68.8 Å². The normalized spacial score (nSPS) is 30.9. The van der Waals surface area contributed by atoms with Gasteiger partial charge in [-0.05, 0) is 24.1 Å². The van der Waals surface area contributed by atoms with E-state index in [-0.39, 0.29) is 6.42 Å². The Morgan fingerprint density at radius 2 is 1.74 bits per heavy atom. The van der Waals surface area contributed by atoms with Gasteiger partial charge in [0, 0.05) is 6.42 Å². The molecule has 1 aliphatic heterocycles. The zero-order valence-corrected chi connectivity index (χ0v) is 12.3. The molecule has 5 atom stereocenters. The molecular formula is C15H20O8. The number of hydrogen-bond acceptors (Lipinski definition) is 7. The second kappa shape index (κ2) is 7.71. The number of carboxylic acid groups (broad SMARTS) is 1. The Morgan fingerprint density at radius 3 is 2.30 bits per heavy atom. The van der Waals surface area contributed by atoms with E-state index in [1.165, 1.54) is 0 Å². The molecule has 23 heavy (non-hydrogen) atoms. The first-order valence-electron chi connectivity index (χ1n) is 7.20. The quantitative estimate of drug-likeness (QED) is 0.443. The maximum Gasteiger partial charge on any atom is 0.303 e. The third-order valence-electron chi connectivity index (χ3n) is 3.65. The number of rotatable bonds is 6. The fourth-order valence-electron chi connectivity index (χ4n) is 2.28. The smallest absolute Gasteiger partial charge is 0.303 e. The second-order valence-electron chi connectivity index (χ2n) is 5.35. The highest BCUT2D eigenvalue weighted by molar-refractivity contribution is 5.67. The van der Waals surface area contributed by atoms with Crippen molar-refractivity contribution in [2.24, 2.45) is 0 Å². The van der Waals surface area contributed by atoms with Gasteiger partial charge in [-0.3, -0.25) is 4.79 Å². The molecule has 5 N–H and O–H groups in total. The number of aryl methyl sites for hydroxylation is 1. The molecule has 1 heterocycles. The van der Waals surface area contributed by atoms with Crippen molar-refractivity contribution in [3.63, 3.8) is 0 Å². The monoisotopic (exact) mass is 328 g/mol. The number of carboxylic acids is 1. The van der Waals surface area contributed by atoms with Crippen molar-refractivity contribution in [2.45, 2.75) is 43.5 Å². The Hall–Kier alpha value is -1.71. The first kappa shape index (κ1) is 17.6. The van der Waals surface area contributed by atoms with Crippen LogP contribution in [0, 0.1) is 0 Å². The number of aliphatic hydroxyl groups excluding tert-OH is 4. The van der Waals surface area contributed by atoms with Gasteiger partial charge < -0.3 is 35.0 Å².